The van der Waals surface area contributed by atoms with Crippen LogP contribution >= 0.6 is 11.6 Å². The molecule has 0 saturated carbocycles. The van der Waals surface area contributed by atoms with E-state index in [9.17, 15) is 22.8 Å². The second-order valence-corrected chi connectivity index (χ2v) is 5.30. The van der Waals surface area contributed by atoms with Gasteiger partial charge in [-0.1, -0.05) is 11.6 Å². The molecule has 2 amide bonds. The van der Waals surface area contributed by atoms with E-state index in [1.165, 1.54) is 11.0 Å². The van der Waals surface area contributed by atoms with Crippen LogP contribution in [0.1, 0.15) is 12.0 Å². The zero-order valence-corrected chi connectivity index (χ0v) is 11.9. The van der Waals surface area contributed by atoms with Crippen molar-refractivity contribution >= 4 is 29.3 Å². The predicted octanol–water partition coefficient (Wildman–Crippen LogP) is 3.30. The molecule has 120 valence electrons. The predicted molar refractivity (Wildman–Crippen MR) is 72.8 cm³/mol. The van der Waals surface area contributed by atoms with Crippen LogP contribution in [0.15, 0.2) is 18.2 Å². The molecule has 1 heterocycles. The van der Waals surface area contributed by atoms with Crippen LogP contribution in [0.3, 0.4) is 0 Å². The minimum absolute atomic E-state index is 0.0287. The first-order valence-electron chi connectivity index (χ1n) is 6.34. The number of hydrogen-bond acceptors (Lipinski definition) is 2. The van der Waals surface area contributed by atoms with E-state index in [0.29, 0.717) is 6.42 Å². The first-order chi connectivity index (χ1) is 10.2. The number of carbonyl (C=O) groups excluding carboxylic acids is 1. The molecule has 0 radical (unpaired) electrons. The molecule has 2 rings (SSSR count). The van der Waals surface area contributed by atoms with Gasteiger partial charge in [0.2, 0.25) is 0 Å². The van der Waals surface area contributed by atoms with Crippen molar-refractivity contribution in [3.05, 3.63) is 28.8 Å². The average Bonchev–Trinajstić information content (AvgIpc) is 2.89. The highest BCUT2D eigenvalue weighted by molar-refractivity contribution is 6.31. The molecule has 1 fully saturated rings. The number of urea groups is 1. The minimum Gasteiger partial charge on any atom is -0.481 e. The number of rotatable bonds is 2. The monoisotopic (exact) mass is 336 g/mol. The fourth-order valence-electron chi connectivity index (χ4n) is 2.17. The van der Waals surface area contributed by atoms with Gasteiger partial charge >= 0.3 is 18.2 Å². The van der Waals surface area contributed by atoms with E-state index in [1.54, 1.807) is 0 Å². The topological polar surface area (TPSA) is 69.6 Å². The Balaban J connectivity index is 2.08. The van der Waals surface area contributed by atoms with Crippen LogP contribution in [-0.2, 0) is 11.0 Å². The highest BCUT2D eigenvalue weighted by atomic mass is 35.5. The Morgan fingerprint density at radius 2 is 2.05 bits per heavy atom. The molecule has 1 aliphatic rings. The number of anilines is 1. The zero-order chi connectivity index (χ0) is 16.5. The van der Waals surface area contributed by atoms with Crippen molar-refractivity contribution in [3.8, 4) is 0 Å². The second-order valence-electron chi connectivity index (χ2n) is 4.89. The summed E-state index contributed by atoms with van der Waals surface area (Å²) in [6, 6.07) is 2.40. The van der Waals surface area contributed by atoms with Gasteiger partial charge in [0.15, 0.2) is 0 Å². The summed E-state index contributed by atoms with van der Waals surface area (Å²) in [4.78, 5) is 24.0. The van der Waals surface area contributed by atoms with Crippen molar-refractivity contribution in [1.29, 1.82) is 0 Å². The quantitative estimate of drug-likeness (QED) is 0.870. The lowest BCUT2D eigenvalue weighted by Crippen LogP contribution is -2.33. The molecule has 1 aromatic rings. The van der Waals surface area contributed by atoms with E-state index in [0.717, 1.165) is 12.1 Å². The SMILES string of the molecule is O=C(O)C1CCN(C(=O)Nc2ccc(Cl)c(C(F)(F)F)c2)C1. The van der Waals surface area contributed by atoms with Gasteiger partial charge in [0, 0.05) is 18.8 Å². The molecule has 22 heavy (non-hydrogen) atoms. The summed E-state index contributed by atoms with van der Waals surface area (Å²) >= 11 is 5.49. The summed E-state index contributed by atoms with van der Waals surface area (Å²) in [5.41, 5.74) is -1.10. The van der Waals surface area contributed by atoms with E-state index in [4.69, 9.17) is 16.7 Å². The van der Waals surface area contributed by atoms with Crippen molar-refractivity contribution in [2.24, 2.45) is 5.92 Å². The summed E-state index contributed by atoms with van der Waals surface area (Å²) in [6.45, 7) is 0.267. The molecule has 1 saturated heterocycles. The maximum atomic E-state index is 12.7. The maximum Gasteiger partial charge on any atom is 0.417 e. The highest BCUT2D eigenvalue weighted by Gasteiger charge is 2.34. The number of nitrogens with zero attached hydrogens (tertiary/aromatic N) is 1. The number of halogens is 4. The molecule has 5 nitrogen and oxygen atoms in total. The van der Waals surface area contributed by atoms with Crippen LogP contribution in [0.25, 0.3) is 0 Å². The van der Waals surface area contributed by atoms with E-state index >= 15 is 0 Å². The van der Waals surface area contributed by atoms with Gasteiger partial charge in [-0.3, -0.25) is 4.79 Å². The van der Waals surface area contributed by atoms with Crippen LogP contribution in [0.5, 0.6) is 0 Å². The number of carboxylic acid groups (broad SMARTS) is 1. The molecule has 0 spiro atoms. The average molecular weight is 337 g/mol. The van der Waals surface area contributed by atoms with Gasteiger partial charge in [-0.25, -0.2) is 4.79 Å². The standard InChI is InChI=1S/C13H12ClF3N2O3/c14-10-2-1-8(5-9(10)13(15,16)17)18-12(22)19-4-3-7(6-19)11(20)21/h1-2,5,7H,3-4,6H2,(H,18,22)(H,20,21). The lowest BCUT2D eigenvalue weighted by Gasteiger charge is -2.17. The largest absolute Gasteiger partial charge is 0.481 e. The van der Waals surface area contributed by atoms with Gasteiger partial charge in [0.1, 0.15) is 0 Å². The van der Waals surface area contributed by atoms with Crippen LogP contribution in [0.4, 0.5) is 23.7 Å². The Morgan fingerprint density at radius 3 is 2.59 bits per heavy atom. The van der Waals surface area contributed by atoms with E-state index in [2.05, 4.69) is 5.32 Å². The number of carbonyl (C=O) groups is 2. The molecule has 1 aliphatic heterocycles. The van der Waals surface area contributed by atoms with Gasteiger partial charge in [0.25, 0.3) is 0 Å². The molecule has 9 heteroatoms. The van der Waals surface area contributed by atoms with E-state index in [-0.39, 0.29) is 18.8 Å². The van der Waals surface area contributed by atoms with Crippen molar-refractivity contribution < 1.29 is 27.9 Å². The molecule has 1 unspecified atom stereocenters. The highest BCUT2D eigenvalue weighted by Crippen LogP contribution is 2.36. The Kier molecular flexibility index (Phi) is 4.50. The van der Waals surface area contributed by atoms with Gasteiger partial charge in [0.05, 0.1) is 16.5 Å². The Hall–Kier alpha value is -1.96. The number of carboxylic acids is 1. The number of amides is 2. The number of benzene rings is 1. The fourth-order valence-corrected chi connectivity index (χ4v) is 2.39. The molecule has 0 bridgehead atoms. The molecular formula is C13H12ClF3N2O3. The third kappa shape index (κ3) is 3.62. The molecule has 0 aliphatic carbocycles. The molecule has 2 N–H and O–H groups in total. The smallest absolute Gasteiger partial charge is 0.417 e. The summed E-state index contributed by atoms with van der Waals surface area (Å²) < 4.78 is 38.2. The number of hydrogen-bond donors (Lipinski definition) is 2. The van der Waals surface area contributed by atoms with Gasteiger partial charge in [-0.15, -0.1) is 0 Å². The maximum absolute atomic E-state index is 12.7. The van der Waals surface area contributed by atoms with E-state index in [1.807, 2.05) is 0 Å². The van der Waals surface area contributed by atoms with Crippen molar-refractivity contribution in [3.63, 3.8) is 0 Å². The van der Waals surface area contributed by atoms with Gasteiger partial charge in [-0.2, -0.15) is 13.2 Å². The summed E-state index contributed by atoms with van der Waals surface area (Å²) in [5.74, 6) is -1.65. The van der Waals surface area contributed by atoms with Gasteiger partial charge in [-0.05, 0) is 24.6 Å². The number of alkyl halides is 3. The number of nitrogens with one attached hydrogen (secondary N) is 1. The van der Waals surface area contributed by atoms with Crippen molar-refractivity contribution in [2.45, 2.75) is 12.6 Å². The van der Waals surface area contributed by atoms with Crippen LogP contribution in [0, 0.1) is 5.92 Å². The van der Waals surface area contributed by atoms with Crippen LogP contribution in [-0.4, -0.2) is 35.1 Å². The molecular weight excluding hydrogens is 325 g/mol. The van der Waals surface area contributed by atoms with Crippen molar-refractivity contribution in [2.75, 3.05) is 18.4 Å². The molecule has 0 aromatic heterocycles. The Labute approximate surface area is 128 Å². The first kappa shape index (κ1) is 16.4. The fraction of sp³-hybridized carbons (Fsp3) is 0.385. The van der Waals surface area contributed by atoms with Crippen molar-refractivity contribution in [1.82, 2.24) is 4.90 Å². The minimum atomic E-state index is -4.63. The number of aliphatic carboxylic acids is 1. The second kappa shape index (κ2) is 6.04. The normalized spacial score (nSPS) is 18.4. The van der Waals surface area contributed by atoms with Crippen LogP contribution in [0.2, 0.25) is 5.02 Å². The Morgan fingerprint density at radius 1 is 1.36 bits per heavy atom. The first-order valence-corrected chi connectivity index (χ1v) is 6.72. The lowest BCUT2D eigenvalue weighted by molar-refractivity contribution is -0.141. The Bertz CT molecular complexity index is 607. The number of likely N-dealkylation sites (tertiary alicyclic amines) is 1. The zero-order valence-electron chi connectivity index (χ0n) is 11.2. The lowest BCUT2D eigenvalue weighted by atomic mass is 10.1. The molecule has 1 aromatic carbocycles. The third-order valence-corrected chi connectivity index (χ3v) is 3.68. The third-order valence-electron chi connectivity index (χ3n) is 3.35. The summed E-state index contributed by atoms with van der Waals surface area (Å²) in [7, 11) is 0. The summed E-state index contributed by atoms with van der Waals surface area (Å²) in [6.07, 6.45) is -4.31. The summed E-state index contributed by atoms with van der Waals surface area (Å²) in [5, 5.41) is 10.7. The van der Waals surface area contributed by atoms with E-state index < -0.39 is 34.7 Å². The molecule has 1 atom stereocenters. The van der Waals surface area contributed by atoms with Gasteiger partial charge < -0.3 is 15.3 Å². The van der Waals surface area contributed by atoms with Crippen LogP contribution < -0.4 is 5.32 Å².